The highest BCUT2D eigenvalue weighted by Crippen LogP contribution is 1.88. The Hall–Kier alpha value is -0.890. The van der Waals surface area contributed by atoms with Gasteiger partial charge in [-0.05, 0) is 11.6 Å². The Balaban J connectivity index is 0. The Morgan fingerprint density at radius 1 is 1.55 bits per heavy atom. The van der Waals surface area contributed by atoms with Crippen LogP contribution in [0.4, 0.5) is 0 Å². The fraction of sp³-hybridized carbons (Fsp3) is 0.444. The Morgan fingerprint density at radius 3 is 2.36 bits per heavy atom. The molecule has 0 atom stereocenters. The molecule has 0 aliphatic rings. The molecule has 2 heteroatoms. The van der Waals surface area contributed by atoms with Gasteiger partial charge < -0.3 is 5.73 Å². The molecule has 0 aliphatic heterocycles. The van der Waals surface area contributed by atoms with Crippen molar-refractivity contribution < 1.29 is 0 Å². The second-order valence-corrected chi connectivity index (χ2v) is 1.56. The Morgan fingerprint density at radius 2 is 2.09 bits per heavy atom. The molecule has 0 aromatic heterocycles. The third-order valence-electron chi connectivity index (χ3n) is 0.936. The molecule has 0 saturated heterocycles. The van der Waals surface area contributed by atoms with E-state index in [0.29, 0.717) is 6.54 Å². The lowest BCUT2D eigenvalue weighted by atomic mass is 10.2. The zero-order chi connectivity index (χ0) is 9.11. The molecule has 0 bridgehead atoms. The van der Waals surface area contributed by atoms with Gasteiger partial charge in [0.25, 0.3) is 0 Å². The van der Waals surface area contributed by atoms with Crippen LogP contribution >= 0.6 is 0 Å². The first-order chi connectivity index (χ1) is 5.35. The van der Waals surface area contributed by atoms with E-state index in [2.05, 4.69) is 11.6 Å². The molecule has 0 heterocycles. The number of hydrogen-bond donors (Lipinski definition) is 1. The molecule has 0 amide bonds. The quantitative estimate of drug-likeness (QED) is 0.488. The van der Waals surface area contributed by atoms with E-state index >= 15 is 0 Å². The first-order valence-electron chi connectivity index (χ1n) is 3.79. The minimum atomic E-state index is 0.523. The van der Waals surface area contributed by atoms with Gasteiger partial charge in [0.05, 0.1) is 0 Å². The smallest absolute Gasteiger partial charge is 0.0277 e. The number of rotatable bonds is 3. The van der Waals surface area contributed by atoms with Crippen LogP contribution in [-0.2, 0) is 0 Å². The van der Waals surface area contributed by atoms with E-state index in [4.69, 9.17) is 5.73 Å². The number of hydrogen-bond acceptors (Lipinski definition) is 2. The normalized spacial score (nSPS) is 10.7. The van der Waals surface area contributed by atoms with Crippen LogP contribution in [-0.4, -0.2) is 19.8 Å². The van der Waals surface area contributed by atoms with Gasteiger partial charge >= 0.3 is 0 Å². The van der Waals surface area contributed by atoms with E-state index < -0.39 is 0 Å². The van der Waals surface area contributed by atoms with Gasteiger partial charge in [-0.1, -0.05) is 26.5 Å². The van der Waals surface area contributed by atoms with Gasteiger partial charge in [0.2, 0.25) is 0 Å². The summed E-state index contributed by atoms with van der Waals surface area (Å²) in [6.45, 7) is 8.10. The predicted octanol–water partition coefficient (Wildman–Crippen LogP) is 1.78. The van der Waals surface area contributed by atoms with Crippen molar-refractivity contribution in [3.63, 3.8) is 0 Å². The highest BCUT2D eigenvalue weighted by atomic mass is 14.6. The Kier molecular flexibility index (Phi) is 13.7. The highest BCUT2D eigenvalue weighted by Gasteiger charge is 1.80. The van der Waals surface area contributed by atoms with Gasteiger partial charge in [-0.15, -0.1) is 0 Å². The summed E-state index contributed by atoms with van der Waals surface area (Å²) in [5.74, 6) is 0. The molecule has 0 radical (unpaired) electrons. The number of aliphatic imine (C=N–C) groups is 1. The van der Waals surface area contributed by atoms with Crippen molar-refractivity contribution in [2.75, 3.05) is 13.6 Å². The van der Waals surface area contributed by atoms with Crippen LogP contribution in [0.25, 0.3) is 0 Å². The van der Waals surface area contributed by atoms with Gasteiger partial charge in [0.15, 0.2) is 0 Å². The molecule has 0 aromatic rings. The van der Waals surface area contributed by atoms with Crippen molar-refractivity contribution in [2.24, 2.45) is 10.7 Å². The van der Waals surface area contributed by atoms with Gasteiger partial charge in [-0.3, -0.25) is 4.99 Å². The summed E-state index contributed by atoms with van der Waals surface area (Å²) in [4.78, 5) is 3.77. The van der Waals surface area contributed by atoms with Crippen molar-refractivity contribution in [3.05, 3.63) is 24.3 Å². The second-order valence-electron chi connectivity index (χ2n) is 1.56. The fourth-order valence-electron chi connectivity index (χ4n) is 0.390. The average Bonchev–Trinajstić information content (AvgIpc) is 2.10. The Labute approximate surface area is 69.5 Å². The molecule has 2 N–H and O–H groups in total. The standard InChI is InChI=1S/C7H12N2.C2H6/c1-3-7(6-8)4-5-9-2;1-2/h3-5H,1,6,8H2,2H3;1-2H3/b7-4+,9-5?;. The van der Waals surface area contributed by atoms with Gasteiger partial charge in [-0.25, -0.2) is 0 Å². The lowest BCUT2D eigenvalue weighted by molar-refractivity contribution is 1.19. The molecule has 11 heavy (non-hydrogen) atoms. The molecule has 0 saturated carbocycles. The summed E-state index contributed by atoms with van der Waals surface area (Å²) < 4.78 is 0. The number of allylic oxidation sites excluding steroid dienone is 1. The first-order valence-corrected chi connectivity index (χ1v) is 3.79. The van der Waals surface area contributed by atoms with Crippen molar-refractivity contribution in [1.82, 2.24) is 0 Å². The molecule has 0 aliphatic carbocycles. The summed E-state index contributed by atoms with van der Waals surface area (Å²) in [5.41, 5.74) is 6.32. The van der Waals surface area contributed by atoms with E-state index in [0.717, 1.165) is 5.57 Å². The van der Waals surface area contributed by atoms with Crippen LogP contribution in [0.2, 0.25) is 0 Å². The van der Waals surface area contributed by atoms with Gasteiger partial charge in [0.1, 0.15) is 0 Å². The SMILES string of the molecule is C=C/C(=C\C=NC)CN.CC. The molecule has 0 aromatic carbocycles. The lowest BCUT2D eigenvalue weighted by Gasteiger charge is -1.89. The van der Waals surface area contributed by atoms with E-state index in [1.807, 2.05) is 19.9 Å². The van der Waals surface area contributed by atoms with Crippen molar-refractivity contribution in [1.29, 1.82) is 0 Å². The van der Waals surface area contributed by atoms with Crippen LogP contribution in [0.1, 0.15) is 13.8 Å². The zero-order valence-corrected chi connectivity index (χ0v) is 7.67. The van der Waals surface area contributed by atoms with E-state index in [-0.39, 0.29) is 0 Å². The average molecular weight is 154 g/mol. The summed E-state index contributed by atoms with van der Waals surface area (Å²) in [6.07, 6.45) is 5.26. The van der Waals surface area contributed by atoms with Crippen LogP contribution in [0.15, 0.2) is 29.3 Å². The van der Waals surface area contributed by atoms with E-state index in [9.17, 15) is 0 Å². The topological polar surface area (TPSA) is 38.4 Å². The van der Waals surface area contributed by atoms with Crippen molar-refractivity contribution >= 4 is 6.21 Å². The fourth-order valence-corrected chi connectivity index (χ4v) is 0.390. The first kappa shape index (κ1) is 12.8. The summed E-state index contributed by atoms with van der Waals surface area (Å²) >= 11 is 0. The van der Waals surface area contributed by atoms with Crippen molar-refractivity contribution in [2.45, 2.75) is 13.8 Å². The molecule has 2 nitrogen and oxygen atoms in total. The zero-order valence-electron chi connectivity index (χ0n) is 7.67. The van der Waals surface area contributed by atoms with Crippen LogP contribution in [0, 0.1) is 0 Å². The van der Waals surface area contributed by atoms with Crippen molar-refractivity contribution in [3.8, 4) is 0 Å². The van der Waals surface area contributed by atoms with Gasteiger partial charge in [0, 0.05) is 19.8 Å². The molecular formula is C9H18N2. The number of nitrogens with zero attached hydrogens (tertiary/aromatic N) is 1. The van der Waals surface area contributed by atoms with E-state index in [1.54, 1.807) is 19.3 Å². The second kappa shape index (κ2) is 11.9. The highest BCUT2D eigenvalue weighted by molar-refractivity contribution is 5.72. The summed E-state index contributed by atoms with van der Waals surface area (Å²) in [5, 5.41) is 0. The minimum absolute atomic E-state index is 0.523. The van der Waals surface area contributed by atoms with Crippen LogP contribution in [0.3, 0.4) is 0 Å². The third kappa shape index (κ3) is 9.11. The summed E-state index contributed by atoms with van der Waals surface area (Å²) in [6, 6.07) is 0. The maximum atomic E-state index is 5.32. The Bertz CT molecular complexity index is 134. The minimum Gasteiger partial charge on any atom is -0.326 e. The maximum Gasteiger partial charge on any atom is 0.0277 e. The number of nitrogens with two attached hydrogens (primary N) is 1. The van der Waals surface area contributed by atoms with Gasteiger partial charge in [-0.2, -0.15) is 0 Å². The molecule has 0 rings (SSSR count). The maximum absolute atomic E-state index is 5.32. The third-order valence-corrected chi connectivity index (χ3v) is 0.936. The van der Waals surface area contributed by atoms with E-state index in [1.165, 1.54) is 0 Å². The molecule has 0 spiro atoms. The monoisotopic (exact) mass is 154 g/mol. The molecule has 64 valence electrons. The predicted molar refractivity (Wildman–Crippen MR) is 53.1 cm³/mol. The molecular weight excluding hydrogens is 136 g/mol. The van der Waals surface area contributed by atoms with Crippen LogP contribution < -0.4 is 5.73 Å². The summed E-state index contributed by atoms with van der Waals surface area (Å²) in [7, 11) is 1.72. The molecule has 0 fully saturated rings. The largest absolute Gasteiger partial charge is 0.326 e. The van der Waals surface area contributed by atoms with Crippen LogP contribution in [0.5, 0.6) is 0 Å². The molecule has 0 unspecified atom stereocenters. The lowest BCUT2D eigenvalue weighted by Crippen LogP contribution is -2.00.